The topological polar surface area (TPSA) is 59.1 Å². The third-order valence-corrected chi connectivity index (χ3v) is 5.00. The van der Waals surface area contributed by atoms with Crippen LogP contribution in [0.2, 0.25) is 0 Å². The lowest BCUT2D eigenvalue weighted by Gasteiger charge is -2.45. The van der Waals surface area contributed by atoms with E-state index < -0.39 is 17.9 Å². The average molecular weight is 318 g/mol. The van der Waals surface area contributed by atoms with E-state index in [0.717, 1.165) is 5.56 Å². The minimum absolute atomic E-state index is 0.0445. The van der Waals surface area contributed by atoms with E-state index in [4.69, 9.17) is 9.47 Å². The zero-order valence-electron chi connectivity index (χ0n) is 13.7. The molecule has 0 spiro atoms. The van der Waals surface area contributed by atoms with E-state index in [9.17, 15) is 9.59 Å². The maximum absolute atomic E-state index is 12.9. The summed E-state index contributed by atoms with van der Waals surface area (Å²) in [5.41, 5.74) is 0.977. The van der Waals surface area contributed by atoms with Crippen LogP contribution in [0.4, 0.5) is 0 Å². The van der Waals surface area contributed by atoms with Crippen LogP contribution < -0.4 is 0 Å². The summed E-state index contributed by atoms with van der Waals surface area (Å²) in [5.74, 6) is -1.27. The molecule has 124 valence electrons. The fourth-order valence-corrected chi connectivity index (χ4v) is 3.64. The van der Waals surface area contributed by atoms with Crippen LogP contribution in [0, 0.1) is 0 Å². The summed E-state index contributed by atoms with van der Waals surface area (Å²) in [4.78, 5) is 28.9. The van der Waals surface area contributed by atoms with E-state index in [2.05, 4.69) is 0 Å². The quantitative estimate of drug-likeness (QED) is 0.778. The minimum Gasteiger partial charge on any atom is -0.351 e. The van der Waals surface area contributed by atoms with Gasteiger partial charge in [0.05, 0.1) is 0 Å². The maximum Gasteiger partial charge on any atom is 0.251 e. The molecule has 4 rings (SSSR count). The van der Waals surface area contributed by atoms with E-state index in [-0.39, 0.29) is 11.8 Å². The highest BCUT2D eigenvalue weighted by molar-refractivity contribution is 5.98. The fourth-order valence-electron chi connectivity index (χ4n) is 3.64. The van der Waals surface area contributed by atoms with Gasteiger partial charge >= 0.3 is 0 Å². The standard InChI is InChI=1S/C17H22N2O4/c1-18-13-9-10-17(22-2,23-3)14(16(18)21)19(15(13)20)11-12-7-5-4-6-8-12/h4-8,13-14H,9-11H2,1-3H3. The Morgan fingerprint density at radius 2 is 1.78 bits per heavy atom. The zero-order chi connectivity index (χ0) is 16.6. The summed E-state index contributed by atoms with van der Waals surface area (Å²) in [6.45, 7) is 0.370. The Balaban J connectivity index is 2.03. The largest absolute Gasteiger partial charge is 0.351 e. The van der Waals surface area contributed by atoms with Gasteiger partial charge in [-0.2, -0.15) is 0 Å². The van der Waals surface area contributed by atoms with Gasteiger partial charge in [-0.05, 0) is 12.0 Å². The molecule has 6 heteroatoms. The van der Waals surface area contributed by atoms with Gasteiger partial charge in [0, 0.05) is 34.2 Å². The summed E-state index contributed by atoms with van der Waals surface area (Å²) in [5, 5.41) is 0. The van der Waals surface area contributed by atoms with Crippen molar-refractivity contribution < 1.29 is 19.1 Å². The number of methoxy groups -OCH3 is 2. The molecule has 1 aromatic rings. The van der Waals surface area contributed by atoms with Gasteiger partial charge in [-0.25, -0.2) is 0 Å². The molecule has 6 nitrogen and oxygen atoms in total. The van der Waals surface area contributed by atoms with Crippen molar-refractivity contribution in [3.8, 4) is 0 Å². The number of amides is 2. The third kappa shape index (κ3) is 2.42. The highest BCUT2D eigenvalue weighted by Gasteiger charge is 2.58. The number of ether oxygens (including phenoxy) is 2. The Morgan fingerprint density at radius 1 is 1.13 bits per heavy atom. The number of likely N-dealkylation sites (N-methyl/N-ethyl adjacent to an activating group) is 1. The lowest BCUT2D eigenvalue weighted by atomic mass is 10.0. The number of hydrogen-bond acceptors (Lipinski definition) is 4. The second-order valence-corrected chi connectivity index (χ2v) is 6.08. The lowest BCUT2D eigenvalue weighted by Crippen LogP contribution is -2.67. The molecule has 2 unspecified atom stereocenters. The lowest BCUT2D eigenvalue weighted by molar-refractivity contribution is -0.242. The van der Waals surface area contributed by atoms with E-state index in [1.54, 1.807) is 11.9 Å². The van der Waals surface area contributed by atoms with Crippen LogP contribution >= 0.6 is 0 Å². The summed E-state index contributed by atoms with van der Waals surface area (Å²) in [6, 6.07) is 8.44. The molecule has 2 amide bonds. The van der Waals surface area contributed by atoms with Crippen LogP contribution in [0.1, 0.15) is 18.4 Å². The van der Waals surface area contributed by atoms with Crippen molar-refractivity contribution in [1.82, 2.24) is 9.80 Å². The summed E-state index contributed by atoms with van der Waals surface area (Å²) >= 11 is 0. The Bertz CT molecular complexity index is 600. The third-order valence-electron chi connectivity index (χ3n) is 5.00. The summed E-state index contributed by atoms with van der Waals surface area (Å²) in [6.07, 6.45) is 1.03. The highest BCUT2D eigenvalue weighted by Crippen LogP contribution is 2.38. The van der Waals surface area contributed by atoms with E-state index in [1.807, 2.05) is 30.3 Å². The van der Waals surface area contributed by atoms with Gasteiger partial charge < -0.3 is 19.3 Å². The number of fused-ring (bicyclic) bond motifs is 4. The predicted octanol–water partition coefficient (Wildman–Crippen LogP) is 1.01. The number of rotatable bonds is 4. The smallest absolute Gasteiger partial charge is 0.251 e. The molecule has 3 fully saturated rings. The fraction of sp³-hybridized carbons (Fsp3) is 0.529. The first kappa shape index (κ1) is 16.0. The van der Waals surface area contributed by atoms with Crippen molar-refractivity contribution in [2.75, 3.05) is 21.3 Å². The van der Waals surface area contributed by atoms with Gasteiger partial charge in [-0.3, -0.25) is 9.59 Å². The van der Waals surface area contributed by atoms with Crippen molar-refractivity contribution in [1.29, 1.82) is 0 Å². The van der Waals surface area contributed by atoms with Crippen molar-refractivity contribution in [2.45, 2.75) is 37.3 Å². The van der Waals surface area contributed by atoms with Crippen molar-refractivity contribution in [2.24, 2.45) is 0 Å². The van der Waals surface area contributed by atoms with Gasteiger partial charge in [0.1, 0.15) is 6.04 Å². The number of carbonyl (C=O) groups is 2. The molecule has 3 aliphatic heterocycles. The van der Waals surface area contributed by atoms with Gasteiger partial charge in [-0.1, -0.05) is 30.3 Å². The number of nitrogens with zero attached hydrogens (tertiary/aromatic N) is 2. The molecule has 0 radical (unpaired) electrons. The molecule has 0 saturated carbocycles. The molecule has 1 aromatic carbocycles. The van der Waals surface area contributed by atoms with Crippen molar-refractivity contribution in [3.05, 3.63) is 35.9 Å². The van der Waals surface area contributed by atoms with Crippen LogP contribution in [0.25, 0.3) is 0 Å². The molecule has 2 bridgehead atoms. The van der Waals surface area contributed by atoms with Gasteiger partial charge in [-0.15, -0.1) is 0 Å². The first-order valence-electron chi connectivity index (χ1n) is 7.75. The number of hydrogen-bond donors (Lipinski definition) is 0. The van der Waals surface area contributed by atoms with E-state index in [0.29, 0.717) is 19.4 Å². The summed E-state index contributed by atoms with van der Waals surface area (Å²) < 4.78 is 11.2. The maximum atomic E-state index is 12.9. The molecular weight excluding hydrogens is 296 g/mol. The molecule has 3 aliphatic rings. The molecule has 3 heterocycles. The highest BCUT2D eigenvalue weighted by atomic mass is 16.7. The predicted molar refractivity (Wildman–Crippen MR) is 83.3 cm³/mol. The Labute approximate surface area is 136 Å². The molecule has 3 saturated heterocycles. The van der Waals surface area contributed by atoms with Crippen LogP contribution in [0.5, 0.6) is 0 Å². The first-order chi connectivity index (χ1) is 11.0. The number of benzene rings is 1. The van der Waals surface area contributed by atoms with Gasteiger partial charge in [0.15, 0.2) is 11.8 Å². The van der Waals surface area contributed by atoms with Crippen LogP contribution in [0.3, 0.4) is 0 Å². The Kier molecular flexibility index (Phi) is 4.12. The SMILES string of the molecule is COC1(OC)CCC2C(=O)N(Cc3ccccc3)C1C(=O)N2C. The molecule has 0 aromatic heterocycles. The van der Waals surface area contributed by atoms with Crippen LogP contribution in [-0.2, 0) is 25.6 Å². The molecule has 23 heavy (non-hydrogen) atoms. The van der Waals surface area contributed by atoms with Gasteiger partial charge in [0.25, 0.3) is 5.91 Å². The molecule has 0 aliphatic carbocycles. The normalized spacial score (nSPS) is 26.6. The molecular formula is C17H22N2O4. The average Bonchev–Trinajstić information content (AvgIpc) is 2.76. The van der Waals surface area contributed by atoms with Gasteiger partial charge in [0.2, 0.25) is 5.91 Å². The second kappa shape index (κ2) is 5.94. The van der Waals surface area contributed by atoms with Crippen molar-refractivity contribution >= 4 is 11.8 Å². The number of piperazine rings is 1. The second-order valence-electron chi connectivity index (χ2n) is 6.08. The Morgan fingerprint density at radius 3 is 2.39 bits per heavy atom. The summed E-state index contributed by atoms with van der Waals surface area (Å²) in [7, 11) is 4.74. The van der Waals surface area contributed by atoms with E-state index >= 15 is 0 Å². The van der Waals surface area contributed by atoms with Crippen LogP contribution in [0.15, 0.2) is 30.3 Å². The minimum atomic E-state index is -1.10. The Hall–Kier alpha value is -1.92. The van der Waals surface area contributed by atoms with E-state index in [1.165, 1.54) is 19.1 Å². The zero-order valence-corrected chi connectivity index (χ0v) is 13.7. The van der Waals surface area contributed by atoms with Crippen molar-refractivity contribution in [3.63, 3.8) is 0 Å². The first-order valence-corrected chi connectivity index (χ1v) is 7.75. The molecule has 2 atom stereocenters. The number of carbonyl (C=O) groups excluding carboxylic acids is 2. The molecule has 0 N–H and O–H groups in total. The van der Waals surface area contributed by atoms with Crippen LogP contribution in [-0.4, -0.2) is 60.8 Å². The monoisotopic (exact) mass is 318 g/mol.